The van der Waals surface area contributed by atoms with Gasteiger partial charge in [0.05, 0.1) is 11.1 Å². The Balaban J connectivity index is 2.31. The molecule has 7 heteroatoms. The molecule has 0 saturated heterocycles. The quantitative estimate of drug-likeness (QED) is 0.398. The van der Waals surface area contributed by atoms with Crippen molar-refractivity contribution in [1.29, 1.82) is 0 Å². The van der Waals surface area contributed by atoms with Crippen molar-refractivity contribution in [1.82, 2.24) is 0 Å². The molecule has 2 aromatic rings. The highest BCUT2D eigenvalue weighted by molar-refractivity contribution is 6.30. The van der Waals surface area contributed by atoms with Crippen LogP contribution in [0.4, 0.5) is 0 Å². The largest absolute Gasteiger partial charge is 0.426 e. The van der Waals surface area contributed by atoms with Crippen molar-refractivity contribution < 1.29 is 33.4 Å². The standard InChI is InChI=1S/C20H14O7/c1-9(21)12-7-14-18(16(8-12)27-11(3)23)20(25)17-13(19(14)24)5-4-6-15(17)26-10(2)22/h4-8H,1-3H3. The minimum Gasteiger partial charge on any atom is -0.426 e. The van der Waals surface area contributed by atoms with Gasteiger partial charge >= 0.3 is 11.9 Å². The first kappa shape index (κ1) is 18.2. The number of Topliss-reactive ketones (excluding diaryl/α,β-unsaturated/α-hetero) is 1. The van der Waals surface area contributed by atoms with Crippen LogP contribution in [0.1, 0.15) is 63.0 Å². The van der Waals surface area contributed by atoms with Crippen molar-refractivity contribution in [2.24, 2.45) is 0 Å². The van der Waals surface area contributed by atoms with Crippen LogP contribution in [0.5, 0.6) is 11.5 Å². The number of ketones is 3. The highest BCUT2D eigenvalue weighted by Gasteiger charge is 2.36. The Morgan fingerprint density at radius 1 is 0.741 bits per heavy atom. The van der Waals surface area contributed by atoms with E-state index in [9.17, 15) is 24.0 Å². The zero-order chi connectivity index (χ0) is 19.9. The second kappa shape index (κ2) is 6.60. The molecule has 0 atom stereocenters. The van der Waals surface area contributed by atoms with Crippen LogP contribution in [0, 0.1) is 0 Å². The lowest BCUT2D eigenvalue weighted by Crippen LogP contribution is -2.24. The Labute approximate surface area is 153 Å². The summed E-state index contributed by atoms with van der Waals surface area (Å²) in [6, 6.07) is 6.85. The summed E-state index contributed by atoms with van der Waals surface area (Å²) < 4.78 is 10.1. The van der Waals surface area contributed by atoms with Crippen molar-refractivity contribution in [3.8, 4) is 11.5 Å². The topological polar surface area (TPSA) is 104 Å². The Morgan fingerprint density at radius 2 is 1.33 bits per heavy atom. The number of carbonyl (C=O) groups is 5. The van der Waals surface area contributed by atoms with Gasteiger partial charge in [0.15, 0.2) is 11.6 Å². The molecule has 7 nitrogen and oxygen atoms in total. The molecule has 0 heterocycles. The Hall–Kier alpha value is -3.61. The average Bonchev–Trinajstić information content (AvgIpc) is 2.57. The summed E-state index contributed by atoms with van der Waals surface area (Å²) in [5.74, 6) is -3.14. The summed E-state index contributed by atoms with van der Waals surface area (Å²) in [6.45, 7) is 3.60. The van der Waals surface area contributed by atoms with Crippen molar-refractivity contribution in [3.63, 3.8) is 0 Å². The number of carbonyl (C=O) groups excluding carboxylic acids is 5. The van der Waals surface area contributed by atoms with Crippen LogP contribution < -0.4 is 9.47 Å². The van der Waals surface area contributed by atoms with E-state index in [0.29, 0.717) is 0 Å². The van der Waals surface area contributed by atoms with Gasteiger partial charge in [-0.3, -0.25) is 24.0 Å². The van der Waals surface area contributed by atoms with Crippen molar-refractivity contribution in [3.05, 3.63) is 58.1 Å². The Morgan fingerprint density at radius 3 is 1.93 bits per heavy atom. The zero-order valence-electron chi connectivity index (χ0n) is 14.7. The van der Waals surface area contributed by atoms with Gasteiger partial charge in [0.2, 0.25) is 5.78 Å². The fraction of sp³-hybridized carbons (Fsp3) is 0.150. The molecular formula is C20H14O7. The van der Waals surface area contributed by atoms with Crippen LogP contribution in [-0.2, 0) is 9.59 Å². The maximum Gasteiger partial charge on any atom is 0.308 e. The molecular weight excluding hydrogens is 352 g/mol. The third-order valence-corrected chi connectivity index (χ3v) is 3.99. The monoisotopic (exact) mass is 366 g/mol. The first-order chi connectivity index (χ1) is 12.7. The molecule has 2 aromatic carbocycles. The van der Waals surface area contributed by atoms with Gasteiger partial charge in [0, 0.05) is 30.5 Å². The number of fused-ring (bicyclic) bond motifs is 2. The van der Waals surface area contributed by atoms with Gasteiger partial charge in [-0.05, 0) is 25.1 Å². The Kier molecular flexibility index (Phi) is 4.45. The van der Waals surface area contributed by atoms with Gasteiger partial charge in [-0.25, -0.2) is 0 Å². The van der Waals surface area contributed by atoms with E-state index in [1.54, 1.807) is 0 Å². The predicted molar refractivity (Wildman–Crippen MR) is 92.4 cm³/mol. The van der Waals surface area contributed by atoms with E-state index >= 15 is 0 Å². The Bertz CT molecular complexity index is 1050. The molecule has 0 unspecified atom stereocenters. The molecule has 1 aliphatic rings. The van der Waals surface area contributed by atoms with E-state index in [2.05, 4.69) is 0 Å². The molecule has 0 amide bonds. The van der Waals surface area contributed by atoms with Gasteiger partial charge in [-0.2, -0.15) is 0 Å². The lowest BCUT2D eigenvalue weighted by atomic mass is 9.82. The molecule has 0 N–H and O–H groups in total. The molecule has 27 heavy (non-hydrogen) atoms. The SMILES string of the molecule is CC(=O)Oc1cccc2c1C(=O)c1c(OC(C)=O)cc(C(C)=O)cc1C2=O. The summed E-state index contributed by atoms with van der Waals surface area (Å²) in [7, 11) is 0. The number of esters is 2. The third kappa shape index (κ3) is 3.15. The molecule has 3 rings (SSSR count). The number of rotatable bonds is 3. The second-order valence-electron chi connectivity index (χ2n) is 5.98. The highest BCUT2D eigenvalue weighted by atomic mass is 16.5. The first-order valence-corrected chi connectivity index (χ1v) is 7.99. The van der Waals surface area contributed by atoms with Crippen LogP contribution in [-0.4, -0.2) is 29.3 Å². The molecule has 0 spiro atoms. The van der Waals surface area contributed by atoms with Crippen LogP contribution in [0.25, 0.3) is 0 Å². The van der Waals surface area contributed by atoms with E-state index in [1.165, 1.54) is 44.2 Å². The number of hydrogen-bond donors (Lipinski definition) is 0. The van der Waals surface area contributed by atoms with Crippen molar-refractivity contribution in [2.45, 2.75) is 20.8 Å². The smallest absolute Gasteiger partial charge is 0.308 e. The van der Waals surface area contributed by atoms with E-state index in [1.807, 2.05) is 0 Å². The summed E-state index contributed by atoms with van der Waals surface area (Å²) >= 11 is 0. The zero-order valence-corrected chi connectivity index (χ0v) is 14.7. The van der Waals surface area contributed by atoms with Crippen LogP contribution >= 0.6 is 0 Å². The van der Waals surface area contributed by atoms with Gasteiger partial charge in [-0.1, -0.05) is 12.1 Å². The highest BCUT2D eigenvalue weighted by Crippen LogP contribution is 2.38. The summed E-state index contributed by atoms with van der Waals surface area (Å²) in [5.41, 5.74) is -0.107. The number of benzene rings is 2. The first-order valence-electron chi connectivity index (χ1n) is 7.99. The van der Waals surface area contributed by atoms with E-state index < -0.39 is 23.5 Å². The number of hydrogen-bond acceptors (Lipinski definition) is 7. The van der Waals surface area contributed by atoms with Gasteiger partial charge < -0.3 is 9.47 Å². The van der Waals surface area contributed by atoms with E-state index in [-0.39, 0.29) is 45.1 Å². The second-order valence-corrected chi connectivity index (χ2v) is 5.98. The molecule has 0 saturated carbocycles. The average molecular weight is 366 g/mol. The van der Waals surface area contributed by atoms with Crippen molar-refractivity contribution in [2.75, 3.05) is 0 Å². The van der Waals surface area contributed by atoms with Crippen LogP contribution in [0.3, 0.4) is 0 Å². The maximum absolute atomic E-state index is 13.1. The van der Waals surface area contributed by atoms with Crippen LogP contribution in [0.15, 0.2) is 30.3 Å². The summed E-state index contributed by atoms with van der Waals surface area (Å²) in [6.07, 6.45) is 0. The minimum absolute atomic E-state index is 0.0423. The van der Waals surface area contributed by atoms with Crippen LogP contribution in [0.2, 0.25) is 0 Å². The molecule has 0 radical (unpaired) electrons. The minimum atomic E-state index is -0.711. The third-order valence-electron chi connectivity index (χ3n) is 3.99. The van der Waals surface area contributed by atoms with Gasteiger partial charge in [-0.15, -0.1) is 0 Å². The number of ether oxygens (including phenoxy) is 2. The lowest BCUT2D eigenvalue weighted by molar-refractivity contribution is -0.132. The molecule has 1 aliphatic carbocycles. The predicted octanol–water partition coefficient (Wildman–Crippen LogP) is 2.52. The maximum atomic E-state index is 13.1. The fourth-order valence-electron chi connectivity index (χ4n) is 2.93. The van der Waals surface area contributed by atoms with Gasteiger partial charge in [0.1, 0.15) is 11.5 Å². The molecule has 0 fully saturated rings. The lowest BCUT2D eigenvalue weighted by Gasteiger charge is -2.22. The molecule has 0 bridgehead atoms. The molecule has 0 aliphatic heterocycles. The fourth-order valence-corrected chi connectivity index (χ4v) is 2.93. The molecule has 136 valence electrons. The summed E-state index contributed by atoms with van der Waals surface area (Å²) in [5, 5.41) is 0. The van der Waals surface area contributed by atoms with Crippen molar-refractivity contribution >= 4 is 29.3 Å². The molecule has 0 aromatic heterocycles. The normalized spacial score (nSPS) is 12.1. The van der Waals surface area contributed by atoms with E-state index in [4.69, 9.17) is 9.47 Å². The van der Waals surface area contributed by atoms with E-state index in [0.717, 1.165) is 6.92 Å². The summed E-state index contributed by atoms with van der Waals surface area (Å²) in [4.78, 5) is 60.7. The van der Waals surface area contributed by atoms with Gasteiger partial charge in [0.25, 0.3) is 0 Å².